The van der Waals surface area contributed by atoms with Crippen LogP contribution in [-0.4, -0.2) is 23.9 Å². The molecule has 4 nitrogen and oxygen atoms in total. The van der Waals surface area contributed by atoms with Gasteiger partial charge >= 0.3 is 39.3 Å². The zero-order chi connectivity index (χ0) is 31.5. The summed E-state index contributed by atoms with van der Waals surface area (Å²) in [5, 5.41) is 0. The van der Waals surface area contributed by atoms with E-state index in [9.17, 15) is 0 Å². The fourth-order valence-corrected chi connectivity index (χ4v) is 6.87. The van der Waals surface area contributed by atoms with E-state index in [1.807, 2.05) is 0 Å². The Labute approximate surface area is 281 Å². The molecule has 232 valence electrons. The fourth-order valence-electron chi connectivity index (χ4n) is 6.87. The Hall–Kier alpha value is -2.73. The summed E-state index contributed by atoms with van der Waals surface area (Å²) < 4.78 is 14.0. The predicted octanol–water partition coefficient (Wildman–Crippen LogP) is 9.82. The van der Waals surface area contributed by atoms with Gasteiger partial charge in [-0.1, -0.05) is 97.1 Å². The number of nitrogens with zero attached hydrogens (tertiary/aromatic N) is 2. The molecule has 6 rings (SSSR count). The van der Waals surface area contributed by atoms with Crippen molar-refractivity contribution in [2.75, 3.05) is 0 Å². The first kappa shape index (κ1) is 32.7. The SMILES string of the molecule is Cc1ccccc1C1(c2ccccc2C)OC(CC2=N[C@H](C)C(c3ccccc3C)(c3ccccc3C)O2)=N[C@@H]1C.[Br][Ni][Br]. The van der Waals surface area contributed by atoms with Gasteiger partial charge in [0.25, 0.3) is 0 Å². The molecule has 0 saturated carbocycles. The van der Waals surface area contributed by atoms with Gasteiger partial charge in [0.05, 0.1) is 18.5 Å². The Balaban J connectivity index is 0.00000123. The average Bonchev–Trinajstić information content (AvgIpc) is 3.50. The van der Waals surface area contributed by atoms with Crippen molar-refractivity contribution >= 4 is 40.2 Å². The van der Waals surface area contributed by atoms with Crippen LogP contribution in [0, 0.1) is 27.7 Å². The summed E-state index contributed by atoms with van der Waals surface area (Å²) >= 11 is 6.00. The number of ether oxygens (including phenoxy) is 2. The second kappa shape index (κ2) is 13.7. The molecule has 44 heavy (non-hydrogen) atoms. The van der Waals surface area contributed by atoms with Gasteiger partial charge in [-0.25, -0.2) is 9.98 Å². The van der Waals surface area contributed by atoms with Crippen LogP contribution in [0.2, 0.25) is 0 Å². The van der Waals surface area contributed by atoms with E-state index in [0.717, 1.165) is 22.3 Å². The van der Waals surface area contributed by atoms with E-state index in [1.165, 1.54) is 33.2 Å². The summed E-state index contributed by atoms with van der Waals surface area (Å²) in [6.07, 6.45) is 0.397. The molecule has 0 radical (unpaired) electrons. The van der Waals surface area contributed by atoms with Gasteiger partial charge in [0, 0.05) is 22.3 Å². The zero-order valence-corrected chi connectivity index (χ0v) is 30.0. The molecule has 0 unspecified atom stereocenters. The third-order valence-corrected chi connectivity index (χ3v) is 8.89. The van der Waals surface area contributed by atoms with Crippen LogP contribution in [0.5, 0.6) is 0 Å². The Morgan fingerprint density at radius 1 is 0.545 bits per heavy atom. The Kier molecular flexibility index (Phi) is 10.2. The molecule has 4 aromatic rings. The molecule has 7 heteroatoms. The molecule has 2 atom stereocenters. The van der Waals surface area contributed by atoms with Gasteiger partial charge in [-0.05, 0) is 63.8 Å². The minimum absolute atomic E-state index is 0.128. The quantitative estimate of drug-likeness (QED) is 0.184. The van der Waals surface area contributed by atoms with Gasteiger partial charge in [-0.3, -0.25) is 0 Å². The molecule has 2 aliphatic rings. The van der Waals surface area contributed by atoms with Crippen LogP contribution in [-0.2, 0) is 31.6 Å². The number of hydrogen-bond donors (Lipinski definition) is 0. The Bertz CT molecular complexity index is 1490. The van der Waals surface area contributed by atoms with Gasteiger partial charge in [-0.15, -0.1) is 0 Å². The van der Waals surface area contributed by atoms with Crippen LogP contribution < -0.4 is 0 Å². The molecule has 0 spiro atoms. The summed E-state index contributed by atoms with van der Waals surface area (Å²) in [6, 6.07) is 33.6. The van der Waals surface area contributed by atoms with Crippen LogP contribution >= 0.6 is 28.5 Å². The number of rotatable bonds is 6. The van der Waals surface area contributed by atoms with Crippen molar-refractivity contribution in [2.24, 2.45) is 9.98 Å². The molecule has 2 aliphatic heterocycles. The van der Waals surface area contributed by atoms with E-state index in [4.69, 9.17) is 19.5 Å². The van der Waals surface area contributed by atoms with Crippen LogP contribution in [0.3, 0.4) is 0 Å². The van der Waals surface area contributed by atoms with E-state index >= 15 is 0 Å². The third kappa shape index (κ3) is 5.84. The minimum atomic E-state index is -0.722. The van der Waals surface area contributed by atoms with E-state index in [1.54, 1.807) is 0 Å². The van der Waals surface area contributed by atoms with Crippen molar-refractivity contribution in [3.8, 4) is 0 Å². The van der Waals surface area contributed by atoms with E-state index in [-0.39, 0.29) is 12.1 Å². The molecular weight excluding hydrogens is 723 g/mol. The first-order valence-electron chi connectivity index (χ1n) is 14.8. The molecule has 0 amide bonds. The van der Waals surface area contributed by atoms with Crippen LogP contribution in [0.25, 0.3) is 0 Å². The maximum atomic E-state index is 7.01. The van der Waals surface area contributed by atoms with Crippen molar-refractivity contribution in [3.63, 3.8) is 0 Å². The summed E-state index contributed by atoms with van der Waals surface area (Å²) in [4.78, 5) is 10.3. The van der Waals surface area contributed by atoms with Crippen LogP contribution in [0.4, 0.5) is 0 Å². The van der Waals surface area contributed by atoms with E-state index in [2.05, 4.69) is 167 Å². The summed E-state index contributed by atoms with van der Waals surface area (Å²) in [6.45, 7) is 12.9. The first-order chi connectivity index (χ1) is 21.2. The van der Waals surface area contributed by atoms with Gasteiger partial charge in [-0.2, -0.15) is 0 Å². The van der Waals surface area contributed by atoms with Crippen molar-refractivity contribution in [2.45, 2.75) is 71.2 Å². The number of benzene rings is 4. The second-order valence-corrected chi connectivity index (χ2v) is 16.5. The van der Waals surface area contributed by atoms with Gasteiger partial charge in [0.15, 0.2) is 23.0 Å². The number of halogens is 2. The summed E-state index contributed by atoms with van der Waals surface area (Å²) in [5.74, 6) is 1.31. The molecule has 4 aromatic carbocycles. The average molecular weight is 761 g/mol. The van der Waals surface area contributed by atoms with E-state index in [0.29, 0.717) is 18.2 Å². The van der Waals surface area contributed by atoms with Crippen molar-refractivity contribution in [1.82, 2.24) is 0 Å². The molecule has 2 heterocycles. The normalized spacial score (nSPS) is 19.7. The molecule has 0 bridgehead atoms. The number of hydrogen-bond acceptors (Lipinski definition) is 4. The number of aliphatic imine (C=N–C) groups is 2. The van der Waals surface area contributed by atoms with Crippen molar-refractivity contribution < 1.29 is 20.4 Å². The second-order valence-electron chi connectivity index (χ2n) is 11.6. The van der Waals surface area contributed by atoms with Crippen LogP contribution in [0.15, 0.2) is 107 Å². The molecule has 0 saturated heterocycles. The predicted molar refractivity (Wildman–Crippen MR) is 185 cm³/mol. The van der Waals surface area contributed by atoms with Gasteiger partial charge in [0.2, 0.25) is 0 Å². The Morgan fingerprint density at radius 3 is 1.05 bits per heavy atom. The first-order valence-corrected chi connectivity index (χ1v) is 19.7. The molecule has 0 aliphatic carbocycles. The van der Waals surface area contributed by atoms with Crippen molar-refractivity contribution in [1.29, 1.82) is 0 Å². The third-order valence-electron chi connectivity index (χ3n) is 8.89. The molecule has 0 aromatic heterocycles. The Morgan fingerprint density at radius 2 is 0.795 bits per heavy atom. The molecular formula is C37H38Br2N2NiO2. The number of aryl methyl sites for hydroxylation is 4. The summed E-state index contributed by atoms with van der Waals surface area (Å²) in [7, 11) is 1.25. The topological polar surface area (TPSA) is 43.2 Å². The standard InChI is InChI=1S/C37H38N2O2.2BrH.Ni/c1-24-15-7-11-19-30(24)36(31-20-12-8-16-25(31)2)28(5)38-34(40-36)23-35-39-29(6)37(41-35,32-21-13-9-17-26(32)3)33-22-14-10-18-27(33)4;;;/h7-22,28-29H,23H2,1-6H3;2*1H;/q;;;+2/p-2/t28-,29-;;;/m1.../s1. The molecule has 0 N–H and O–H groups in total. The van der Waals surface area contributed by atoms with Gasteiger partial charge in [0.1, 0.15) is 0 Å². The maximum absolute atomic E-state index is 7.01. The fraction of sp³-hybridized carbons (Fsp3) is 0.297. The summed E-state index contributed by atoms with van der Waals surface area (Å²) in [5.41, 5.74) is 7.82. The van der Waals surface area contributed by atoms with Gasteiger partial charge < -0.3 is 9.47 Å². The monoisotopic (exact) mass is 758 g/mol. The van der Waals surface area contributed by atoms with Crippen LogP contribution in [0.1, 0.15) is 64.8 Å². The zero-order valence-electron chi connectivity index (χ0n) is 25.9. The van der Waals surface area contributed by atoms with E-state index < -0.39 is 11.2 Å². The van der Waals surface area contributed by atoms with Crippen molar-refractivity contribution in [3.05, 3.63) is 142 Å². The molecule has 0 fully saturated rings.